The monoisotopic (exact) mass is 595 g/mol. The molecule has 1 aromatic heterocycles. The number of amides is 1. The maximum absolute atomic E-state index is 13.7. The molecule has 39 heavy (non-hydrogen) atoms. The Morgan fingerprint density at radius 2 is 1.51 bits per heavy atom. The lowest BCUT2D eigenvalue weighted by Gasteiger charge is -2.45. The Hall–Kier alpha value is -2.23. The van der Waals surface area contributed by atoms with Gasteiger partial charge in [0.05, 0.1) is 16.9 Å². The van der Waals surface area contributed by atoms with Gasteiger partial charge in [0, 0.05) is 49.2 Å². The zero-order valence-corrected chi connectivity index (χ0v) is 23.8. The van der Waals surface area contributed by atoms with Gasteiger partial charge in [-0.25, -0.2) is 4.98 Å². The first-order valence-electron chi connectivity index (χ1n) is 13.1. The smallest absolute Gasteiger partial charge is 0.320 e. The molecule has 0 atom stereocenters. The van der Waals surface area contributed by atoms with Crippen LogP contribution in [0.5, 0.6) is 0 Å². The fraction of sp³-hybridized carbons (Fsp3) is 0.407. The number of anilines is 1. The second-order valence-corrected chi connectivity index (χ2v) is 14.4. The number of benzene rings is 2. The van der Waals surface area contributed by atoms with Crippen LogP contribution in [0.25, 0.3) is 5.69 Å². The molecule has 0 saturated carbocycles. The van der Waals surface area contributed by atoms with Crippen molar-refractivity contribution in [3.05, 3.63) is 71.0 Å². The zero-order chi connectivity index (χ0) is 27.6. The van der Waals surface area contributed by atoms with E-state index in [0.29, 0.717) is 16.3 Å². The average molecular weight is 596 g/mol. The molecule has 2 aliphatic heterocycles. The van der Waals surface area contributed by atoms with Gasteiger partial charge in [-0.3, -0.25) is 18.7 Å². The molecule has 2 aliphatic rings. The molecule has 0 unspecified atom stereocenters. The third-order valence-electron chi connectivity index (χ3n) is 7.25. The predicted molar refractivity (Wildman–Crippen MR) is 153 cm³/mol. The second-order valence-electron chi connectivity index (χ2n) is 9.86. The number of alkyl halides is 3. The minimum atomic E-state index is -4.58. The average Bonchev–Trinajstić information content (AvgIpc) is 3.44. The molecule has 3 heterocycles. The van der Waals surface area contributed by atoms with Gasteiger partial charge in [-0.2, -0.15) is 13.2 Å². The lowest BCUT2D eigenvalue weighted by atomic mass is 10.1. The zero-order valence-electron chi connectivity index (χ0n) is 21.3. The van der Waals surface area contributed by atoms with Crippen LogP contribution in [-0.4, -0.2) is 51.0 Å². The molecule has 5 rings (SSSR count). The summed E-state index contributed by atoms with van der Waals surface area (Å²) in [6.07, 6.45) is 2.77. The minimum absolute atomic E-state index is 0.0304. The van der Waals surface area contributed by atoms with Crippen LogP contribution < -0.4 is 10.9 Å². The van der Waals surface area contributed by atoms with Gasteiger partial charge in [0.1, 0.15) is 6.34 Å². The molecular formula is C27H30ClF3N5OPS. The van der Waals surface area contributed by atoms with E-state index in [9.17, 15) is 18.0 Å². The van der Waals surface area contributed by atoms with Crippen molar-refractivity contribution in [3.8, 4) is 5.69 Å². The molecule has 1 amide bonds. The summed E-state index contributed by atoms with van der Waals surface area (Å²) in [5.41, 5.74) is 0.498. The molecular weight excluding hydrogens is 566 g/mol. The Balaban J connectivity index is 1.60. The summed E-state index contributed by atoms with van der Waals surface area (Å²) in [6, 6.07) is 9.56. The number of nitrogens with one attached hydrogen (secondary N) is 1. The van der Waals surface area contributed by atoms with E-state index in [1.54, 1.807) is 29.1 Å². The fourth-order valence-electron chi connectivity index (χ4n) is 5.25. The van der Waals surface area contributed by atoms with Crippen molar-refractivity contribution in [2.45, 2.75) is 44.7 Å². The van der Waals surface area contributed by atoms with Crippen LogP contribution in [0.3, 0.4) is 0 Å². The van der Waals surface area contributed by atoms with Gasteiger partial charge in [0.25, 0.3) is 5.91 Å². The quantitative estimate of drug-likeness (QED) is 0.321. The molecule has 0 bridgehead atoms. The third kappa shape index (κ3) is 5.95. The molecule has 208 valence electrons. The Morgan fingerprint density at radius 3 is 2.08 bits per heavy atom. The van der Waals surface area contributed by atoms with Gasteiger partial charge in [0.15, 0.2) is 5.57 Å². The molecule has 3 aromatic rings. The maximum atomic E-state index is 13.7. The first-order valence-corrected chi connectivity index (χ1v) is 16.2. The molecule has 6 nitrogen and oxygen atoms in total. The van der Waals surface area contributed by atoms with Crippen molar-refractivity contribution in [1.82, 2.24) is 18.9 Å². The van der Waals surface area contributed by atoms with Crippen molar-refractivity contribution in [1.29, 1.82) is 0 Å². The molecule has 0 spiro atoms. The summed E-state index contributed by atoms with van der Waals surface area (Å²) in [4.78, 5) is 17.8. The van der Waals surface area contributed by atoms with Crippen LogP contribution in [0, 0.1) is 0 Å². The van der Waals surface area contributed by atoms with Crippen LogP contribution in [0.1, 0.15) is 54.4 Å². The first-order chi connectivity index (χ1) is 18.7. The highest BCUT2D eigenvalue weighted by molar-refractivity contribution is 8.15. The van der Waals surface area contributed by atoms with Crippen LogP contribution in [-0.2, 0) is 18.0 Å². The number of piperidine rings is 2. The van der Waals surface area contributed by atoms with E-state index in [1.165, 1.54) is 18.2 Å². The minimum Gasteiger partial charge on any atom is -0.320 e. The Labute approximate surface area is 236 Å². The van der Waals surface area contributed by atoms with E-state index in [1.807, 2.05) is 0 Å². The number of imidazole rings is 1. The second kappa shape index (κ2) is 11.7. The van der Waals surface area contributed by atoms with E-state index in [0.717, 1.165) is 76.8 Å². The Bertz CT molecular complexity index is 1350. The molecule has 2 aromatic carbocycles. The van der Waals surface area contributed by atoms with Crippen LogP contribution >= 0.6 is 17.9 Å². The molecule has 1 N–H and O–H groups in total. The van der Waals surface area contributed by atoms with E-state index in [4.69, 9.17) is 28.4 Å². The topological polar surface area (TPSA) is 53.4 Å². The molecule has 12 heteroatoms. The van der Waals surface area contributed by atoms with Crippen LogP contribution in [0.2, 0.25) is 5.02 Å². The molecule has 0 aliphatic carbocycles. The standard InChI is InChI=1S/C27H30ClF3N5OPS/c28-22-10-7-20(8-11-22)25(37)33-23-19-21(27(29,30)31)9-12-24(23)36-18-13-32-26(36)38(39,34-14-3-1-4-15-34)35-16-5-2-6-17-35/h7-13,18-19H,1-6,14-17H2,(H,33,37). The van der Waals surface area contributed by atoms with Crippen molar-refractivity contribution < 1.29 is 18.0 Å². The number of hydrogen-bond acceptors (Lipinski definition) is 3. The first kappa shape index (κ1) is 28.3. The van der Waals surface area contributed by atoms with Crippen molar-refractivity contribution in [2.24, 2.45) is 0 Å². The molecule has 2 saturated heterocycles. The summed E-state index contributed by atoms with van der Waals surface area (Å²) in [7, 11) is 0. The number of hydrogen-bond donors (Lipinski definition) is 1. The summed E-state index contributed by atoms with van der Waals surface area (Å²) in [5.74, 6) is -0.541. The molecule has 0 radical (unpaired) electrons. The summed E-state index contributed by atoms with van der Waals surface area (Å²) >= 11 is 12.5. The number of aromatic nitrogens is 2. The van der Waals surface area contributed by atoms with Gasteiger partial charge in [-0.05, 0) is 68.1 Å². The highest BCUT2D eigenvalue weighted by atomic mass is 35.5. The summed E-state index contributed by atoms with van der Waals surface area (Å²) < 4.78 is 47.7. The Morgan fingerprint density at radius 1 is 0.923 bits per heavy atom. The summed E-state index contributed by atoms with van der Waals surface area (Å²) in [6.45, 7) is 3.48. The Kier molecular flexibility index (Phi) is 8.50. The van der Waals surface area contributed by atoms with E-state index in [-0.39, 0.29) is 11.3 Å². The number of carbonyl (C=O) groups is 1. The number of rotatable bonds is 6. The van der Waals surface area contributed by atoms with Crippen molar-refractivity contribution >= 4 is 46.9 Å². The van der Waals surface area contributed by atoms with E-state index < -0.39 is 24.0 Å². The van der Waals surface area contributed by atoms with Gasteiger partial charge in [-0.15, -0.1) is 0 Å². The van der Waals surface area contributed by atoms with Gasteiger partial charge in [0.2, 0.25) is 0 Å². The highest BCUT2D eigenvalue weighted by Crippen LogP contribution is 2.54. The largest absolute Gasteiger partial charge is 0.416 e. The fourth-order valence-corrected chi connectivity index (χ4v) is 9.94. The SMILES string of the molecule is O=C(Nc1cc(C(F)(F)F)ccc1-n1ccnc1P(=S)(N1CCCCC1)N1CCCCC1)c1ccc(Cl)cc1. The van der Waals surface area contributed by atoms with Crippen molar-refractivity contribution in [3.63, 3.8) is 0 Å². The van der Waals surface area contributed by atoms with E-state index >= 15 is 0 Å². The molecule has 2 fully saturated rings. The number of carbonyl (C=O) groups excluding carboxylic acids is 1. The third-order valence-corrected chi connectivity index (χ3v) is 12.6. The van der Waals surface area contributed by atoms with Crippen LogP contribution in [0.4, 0.5) is 18.9 Å². The maximum Gasteiger partial charge on any atom is 0.416 e. The predicted octanol–water partition coefficient (Wildman–Crippen LogP) is 6.70. The lowest BCUT2D eigenvalue weighted by Crippen LogP contribution is -2.43. The van der Waals surface area contributed by atoms with Gasteiger partial charge in [-0.1, -0.05) is 36.2 Å². The van der Waals surface area contributed by atoms with Crippen molar-refractivity contribution in [2.75, 3.05) is 31.5 Å². The normalized spacial score (nSPS) is 17.7. The number of nitrogens with zero attached hydrogens (tertiary/aromatic N) is 4. The van der Waals surface area contributed by atoms with Crippen LogP contribution in [0.15, 0.2) is 54.9 Å². The lowest BCUT2D eigenvalue weighted by molar-refractivity contribution is -0.137. The number of halogens is 4. The highest BCUT2D eigenvalue weighted by Gasteiger charge is 2.40. The van der Waals surface area contributed by atoms with E-state index in [2.05, 4.69) is 14.7 Å². The van der Waals surface area contributed by atoms with Gasteiger partial charge < -0.3 is 5.32 Å². The summed E-state index contributed by atoms with van der Waals surface area (Å²) in [5, 5.41) is 3.16. The van der Waals surface area contributed by atoms with Gasteiger partial charge >= 0.3 is 6.18 Å².